The summed E-state index contributed by atoms with van der Waals surface area (Å²) < 4.78 is 39.6. The van der Waals surface area contributed by atoms with Gasteiger partial charge in [0.15, 0.2) is 5.78 Å². The first-order chi connectivity index (χ1) is 16.3. The second kappa shape index (κ2) is 11.6. The highest BCUT2D eigenvalue weighted by molar-refractivity contribution is 7.89. The minimum absolute atomic E-state index is 0.0948. The monoisotopic (exact) mass is 485 g/mol. The van der Waals surface area contributed by atoms with Crippen LogP contribution in [0.25, 0.3) is 0 Å². The Morgan fingerprint density at radius 2 is 1.71 bits per heavy atom. The number of hydrogen-bond donors (Lipinski definition) is 3. The lowest BCUT2D eigenvalue weighted by atomic mass is 9.99. The Morgan fingerprint density at radius 1 is 1.00 bits per heavy atom. The van der Waals surface area contributed by atoms with Crippen LogP contribution in [-0.2, 0) is 27.7 Å². The van der Waals surface area contributed by atoms with Crippen LogP contribution in [0, 0.1) is 5.82 Å². The highest BCUT2D eigenvalue weighted by atomic mass is 32.2. The van der Waals surface area contributed by atoms with E-state index in [2.05, 4.69) is 15.0 Å². The normalized spacial score (nSPS) is 12.2. The number of aliphatic hydroxyl groups is 1. The number of nitrogens with zero attached hydrogens (tertiary/aromatic N) is 1. The van der Waals surface area contributed by atoms with Crippen molar-refractivity contribution >= 4 is 21.7 Å². The van der Waals surface area contributed by atoms with Crippen molar-refractivity contribution in [2.75, 3.05) is 13.2 Å². The molecule has 34 heavy (non-hydrogen) atoms. The first-order valence-corrected chi connectivity index (χ1v) is 12.0. The number of Topliss-reactive ketones (excluding diaryl/α,β-unsaturated/α-hetero) is 1. The van der Waals surface area contributed by atoms with Crippen LogP contribution in [0.15, 0.2) is 77.8 Å². The molecule has 3 aromatic rings. The Kier molecular flexibility index (Phi) is 8.58. The highest BCUT2D eigenvalue weighted by Gasteiger charge is 2.23. The van der Waals surface area contributed by atoms with E-state index < -0.39 is 27.8 Å². The van der Waals surface area contributed by atoms with Crippen LogP contribution in [0.1, 0.15) is 21.6 Å². The number of benzene rings is 2. The molecule has 0 aliphatic carbocycles. The van der Waals surface area contributed by atoms with Gasteiger partial charge in [-0.05, 0) is 48.4 Å². The first kappa shape index (κ1) is 25.2. The molecule has 178 valence electrons. The van der Waals surface area contributed by atoms with Crippen LogP contribution in [-0.4, -0.2) is 49.4 Å². The summed E-state index contributed by atoms with van der Waals surface area (Å²) in [4.78, 5) is 29.7. The fourth-order valence-electron chi connectivity index (χ4n) is 3.18. The smallest absolute Gasteiger partial charge is 0.251 e. The van der Waals surface area contributed by atoms with Gasteiger partial charge in [0.05, 0.1) is 19.1 Å². The number of rotatable bonds is 11. The van der Waals surface area contributed by atoms with Gasteiger partial charge >= 0.3 is 0 Å². The maximum atomic E-state index is 13.2. The number of hydrogen-bond acceptors (Lipinski definition) is 6. The zero-order chi connectivity index (χ0) is 24.6. The highest BCUT2D eigenvalue weighted by Crippen LogP contribution is 2.12. The molecule has 0 saturated heterocycles. The Balaban J connectivity index is 1.75. The number of pyridine rings is 1. The fraction of sp³-hybridized carbons (Fsp3) is 0.208. The summed E-state index contributed by atoms with van der Waals surface area (Å²) >= 11 is 0. The molecule has 1 atom stereocenters. The molecule has 1 heterocycles. The molecule has 0 radical (unpaired) electrons. The van der Waals surface area contributed by atoms with E-state index >= 15 is 0 Å². The maximum absolute atomic E-state index is 13.2. The van der Waals surface area contributed by atoms with Crippen LogP contribution < -0.4 is 10.0 Å². The summed E-state index contributed by atoms with van der Waals surface area (Å²) in [7, 11) is -3.82. The summed E-state index contributed by atoms with van der Waals surface area (Å²) in [6, 6.07) is 16.0. The zero-order valence-corrected chi connectivity index (χ0v) is 19.0. The van der Waals surface area contributed by atoms with Crippen molar-refractivity contribution in [3.05, 3.63) is 95.6 Å². The minimum Gasteiger partial charge on any atom is -0.395 e. The molecule has 0 unspecified atom stereocenters. The van der Waals surface area contributed by atoms with E-state index in [0.717, 1.165) is 23.9 Å². The lowest BCUT2D eigenvalue weighted by molar-refractivity contribution is -0.120. The number of aromatic nitrogens is 1. The quantitative estimate of drug-likeness (QED) is 0.379. The third-order valence-corrected chi connectivity index (χ3v) is 6.40. The average molecular weight is 486 g/mol. The number of ketones is 1. The van der Waals surface area contributed by atoms with E-state index in [4.69, 9.17) is 5.11 Å². The van der Waals surface area contributed by atoms with Gasteiger partial charge in [-0.2, -0.15) is 0 Å². The molecule has 0 saturated carbocycles. The predicted molar refractivity (Wildman–Crippen MR) is 123 cm³/mol. The number of nitrogens with one attached hydrogen (secondary N) is 2. The molecule has 8 nitrogen and oxygen atoms in total. The summed E-state index contributed by atoms with van der Waals surface area (Å²) in [6.07, 6.45) is 1.24. The topological polar surface area (TPSA) is 125 Å². The molecule has 3 rings (SSSR count). The van der Waals surface area contributed by atoms with Gasteiger partial charge in [0.2, 0.25) is 10.0 Å². The molecule has 0 bridgehead atoms. The number of halogens is 1. The van der Waals surface area contributed by atoms with Crippen LogP contribution in [0.4, 0.5) is 4.39 Å². The average Bonchev–Trinajstić information content (AvgIpc) is 2.83. The van der Waals surface area contributed by atoms with Gasteiger partial charge in [0.25, 0.3) is 5.91 Å². The van der Waals surface area contributed by atoms with Crippen LogP contribution in [0.3, 0.4) is 0 Å². The molecule has 0 aliphatic heterocycles. The molecule has 1 amide bonds. The summed E-state index contributed by atoms with van der Waals surface area (Å²) in [5, 5.41) is 11.5. The van der Waals surface area contributed by atoms with Gasteiger partial charge in [-0.25, -0.2) is 17.5 Å². The van der Waals surface area contributed by atoms with E-state index in [9.17, 15) is 22.4 Å². The standard InChI is InChI=1S/C24H24FN3O5S/c25-19-8-6-18(7-9-19)24(31)28-22(14-17-4-2-1-3-5-17)23(30)15-20-10-11-21(16-26-20)34(32,33)27-12-13-29/h1-11,16,22,27,29H,12-15H2,(H,28,31)/t22-/m0/s1. The van der Waals surface area contributed by atoms with Gasteiger partial charge in [-0.15, -0.1) is 0 Å². The predicted octanol–water partition coefficient (Wildman–Crippen LogP) is 1.64. The van der Waals surface area contributed by atoms with Gasteiger partial charge < -0.3 is 10.4 Å². The number of aliphatic hydroxyl groups excluding tert-OH is 1. The molecule has 3 N–H and O–H groups in total. The van der Waals surface area contributed by atoms with Gasteiger partial charge in [0.1, 0.15) is 10.7 Å². The van der Waals surface area contributed by atoms with Gasteiger partial charge in [-0.3, -0.25) is 14.6 Å². The third-order valence-electron chi connectivity index (χ3n) is 4.95. The fourth-order valence-corrected chi connectivity index (χ4v) is 4.14. The van der Waals surface area contributed by atoms with Crippen molar-refractivity contribution in [2.45, 2.75) is 23.8 Å². The van der Waals surface area contributed by atoms with E-state index in [0.29, 0.717) is 5.69 Å². The molecule has 2 aromatic carbocycles. The van der Waals surface area contributed by atoms with Crippen LogP contribution in [0.2, 0.25) is 0 Å². The van der Waals surface area contributed by atoms with Crippen molar-refractivity contribution in [2.24, 2.45) is 0 Å². The SMILES string of the molecule is O=C(N[C@@H](Cc1ccccc1)C(=O)Cc1ccc(S(=O)(=O)NCCO)cn1)c1ccc(F)cc1. The number of carbonyl (C=O) groups is 2. The van der Waals surface area contributed by atoms with Crippen molar-refractivity contribution in [1.29, 1.82) is 0 Å². The maximum Gasteiger partial charge on any atom is 0.251 e. The number of sulfonamides is 1. The Bertz CT molecular complexity index is 1220. The third kappa shape index (κ3) is 7.01. The van der Waals surface area contributed by atoms with Crippen molar-refractivity contribution in [3.63, 3.8) is 0 Å². The lowest BCUT2D eigenvalue weighted by Gasteiger charge is -2.18. The Morgan fingerprint density at radius 3 is 2.32 bits per heavy atom. The lowest BCUT2D eigenvalue weighted by Crippen LogP contribution is -2.43. The van der Waals surface area contributed by atoms with Crippen molar-refractivity contribution in [3.8, 4) is 0 Å². The molecule has 1 aromatic heterocycles. The molecule has 0 aliphatic rings. The first-order valence-electron chi connectivity index (χ1n) is 10.5. The Labute approximate surface area is 196 Å². The number of amides is 1. The van der Waals surface area contributed by atoms with E-state index in [1.165, 1.54) is 24.3 Å². The minimum atomic E-state index is -3.82. The van der Waals surface area contributed by atoms with Crippen LogP contribution >= 0.6 is 0 Å². The summed E-state index contributed by atoms with van der Waals surface area (Å²) in [6.45, 7) is -0.469. The van der Waals surface area contributed by atoms with Gasteiger partial charge in [0, 0.05) is 24.0 Å². The van der Waals surface area contributed by atoms with E-state index in [1.54, 1.807) is 0 Å². The zero-order valence-electron chi connectivity index (χ0n) is 18.1. The molecule has 0 fully saturated rings. The second-order valence-electron chi connectivity index (χ2n) is 7.47. The summed E-state index contributed by atoms with van der Waals surface area (Å²) in [5.41, 5.74) is 1.39. The van der Waals surface area contributed by atoms with Crippen molar-refractivity contribution in [1.82, 2.24) is 15.0 Å². The molecular formula is C24H24FN3O5S. The molecule has 0 spiro atoms. The summed E-state index contributed by atoms with van der Waals surface area (Å²) in [5.74, 6) is -1.31. The van der Waals surface area contributed by atoms with Crippen LogP contribution in [0.5, 0.6) is 0 Å². The Hall–Kier alpha value is -3.47. The largest absolute Gasteiger partial charge is 0.395 e. The second-order valence-corrected chi connectivity index (χ2v) is 9.24. The number of carbonyl (C=O) groups excluding carboxylic acids is 2. The molecule has 10 heteroatoms. The van der Waals surface area contributed by atoms with Gasteiger partial charge in [-0.1, -0.05) is 30.3 Å². The van der Waals surface area contributed by atoms with Crippen molar-refractivity contribution < 1.29 is 27.5 Å². The van der Waals surface area contributed by atoms with E-state index in [1.807, 2.05) is 30.3 Å². The molecular weight excluding hydrogens is 461 g/mol. The van der Waals surface area contributed by atoms with E-state index in [-0.39, 0.29) is 42.2 Å².